The standard InChI is InChI=1S/C19H26N2/c1-16-8-4-5-10-18(16)14-21(3)15-19-11-7-6-9-17(19)12-13-20-2/h4-11,20H,12-15H2,1-3H3. The Morgan fingerprint density at radius 2 is 1.43 bits per heavy atom. The van der Waals surface area contributed by atoms with Crippen LogP contribution in [0, 0.1) is 6.92 Å². The molecule has 0 aliphatic rings. The van der Waals surface area contributed by atoms with Crippen molar-refractivity contribution in [2.45, 2.75) is 26.4 Å². The van der Waals surface area contributed by atoms with Crippen LogP contribution in [-0.4, -0.2) is 25.5 Å². The first-order chi connectivity index (χ1) is 10.2. The summed E-state index contributed by atoms with van der Waals surface area (Å²) in [6.07, 6.45) is 1.09. The van der Waals surface area contributed by atoms with Gasteiger partial charge in [0.2, 0.25) is 0 Å². The van der Waals surface area contributed by atoms with Crippen molar-refractivity contribution in [2.75, 3.05) is 20.6 Å². The Hall–Kier alpha value is -1.64. The first kappa shape index (κ1) is 15.7. The molecule has 0 aliphatic carbocycles. The van der Waals surface area contributed by atoms with Gasteiger partial charge in [-0.1, -0.05) is 48.5 Å². The second kappa shape index (κ2) is 7.96. The van der Waals surface area contributed by atoms with Crippen LogP contribution in [0.2, 0.25) is 0 Å². The van der Waals surface area contributed by atoms with Crippen LogP contribution in [-0.2, 0) is 19.5 Å². The lowest BCUT2D eigenvalue weighted by Gasteiger charge is -2.20. The average Bonchev–Trinajstić information content (AvgIpc) is 2.49. The Morgan fingerprint density at radius 1 is 0.857 bits per heavy atom. The molecule has 0 heterocycles. The van der Waals surface area contributed by atoms with Gasteiger partial charge in [0.25, 0.3) is 0 Å². The highest BCUT2D eigenvalue weighted by Crippen LogP contribution is 2.15. The van der Waals surface area contributed by atoms with E-state index < -0.39 is 0 Å². The van der Waals surface area contributed by atoms with Crippen LogP contribution in [0.4, 0.5) is 0 Å². The number of rotatable bonds is 7. The summed E-state index contributed by atoms with van der Waals surface area (Å²) in [6, 6.07) is 17.4. The van der Waals surface area contributed by atoms with E-state index in [0.717, 1.165) is 26.1 Å². The van der Waals surface area contributed by atoms with Crippen molar-refractivity contribution >= 4 is 0 Å². The van der Waals surface area contributed by atoms with Gasteiger partial charge in [-0.15, -0.1) is 0 Å². The number of hydrogen-bond donors (Lipinski definition) is 1. The van der Waals surface area contributed by atoms with Crippen LogP contribution in [0.1, 0.15) is 22.3 Å². The SMILES string of the molecule is CNCCc1ccccc1CN(C)Cc1ccccc1C. The zero-order chi connectivity index (χ0) is 15.1. The van der Waals surface area contributed by atoms with Gasteiger partial charge in [0.05, 0.1) is 0 Å². The number of nitrogens with zero attached hydrogens (tertiary/aromatic N) is 1. The summed E-state index contributed by atoms with van der Waals surface area (Å²) in [6.45, 7) is 5.20. The predicted molar refractivity (Wildman–Crippen MR) is 90.4 cm³/mol. The Morgan fingerprint density at radius 3 is 2.10 bits per heavy atom. The topological polar surface area (TPSA) is 15.3 Å². The van der Waals surface area contributed by atoms with Gasteiger partial charge in [-0.05, 0) is 56.2 Å². The zero-order valence-corrected chi connectivity index (χ0v) is 13.4. The fraction of sp³-hybridized carbons (Fsp3) is 0.368. The molecule has 2 heteroatoms. The molecule has 0 fully saturated rings. The van der Waals surface area contributed by atoms with Crippen molar-refractivity contribution < 1.29 is 0 Å². The maximum atomic E-state index is 3.23. The van der Waals surface area contributed by atoms with E-state index in [2.05, 4.69) is 72.7 Å². The molecular formula is C19H26N2. The van der Waals surface area contributed by atoms with Gasteiger partial charge in [-0.3, -0.25) is 4.90 Å². The zero-order valence-electron chi connectivity index (χ0n) is 13.4. The summed E-state index contributed by atoms with van der Waals surface area (Å²) in [4.78, 5) is 2.39. The van der Waals surface area contributed by atoms with Crippen LogP contribution >= 0.6 is 0 Å². The normalized spacial score (nSPS) is 11.0. The highest BCUT2D eigenvalue weighted by molar-refractivity contribution is 5.28. The minimum absolute atomic E-state index is 0.993. The van der Waals surface area contributed by atoms with Crippen LogP contribution < -0.4 is 5.32 Å². The molecule has 2 nitrogen and oxygen atoms in total. The molecule has 0 bridgehead atoms. The molecule has 0 spiro atoms. The molecule has 2 aromatic rings. The molecule has 0 saturated carbocycles. The first-order valence-electron chi connectivity index (χ1n) is 7.65. The van der Waals surface area contributed by atoms with Crippen molar-refractivity contribution in [2.24, 2.45) is 0 Å². The van der Waals surface area contributed by atoms with Crippen molar-refractivity contribution in [3.63, 3.8) is 0 Å². The Kier molecular flexibility index (Phi) is 5.97. The van der Waals surface area contributed by atoms with Gasteiger partial charge in [0.1, 0.15) is 0 Å². The summed E-state index contributed by atoms with van der Waals surface area (Å²) in [5.41, 5.74) is 5.66. The third-order valence-electron chi connectivity index (χ3n) is 3.90. The summed E-state index contributed by atoms with van der Waals surface area (Å²) in [7, 11) is 4.20. The van der Waals surface area contributed by atoms with E-state index >= 15 is 0 Å². The molecule has 0 saturated heterocycles. The number of benzene rings is 2. The Bertz CT molecular complexity index is 563. The lowest BCUT2D eigenvalue weighted by Crippen LogP contribution is -2.19. The van der Waals surface area contributed by atoms with E-state index in [1.54, 1.807) is 0 Å². The maximum absolute atomic E-state index is 3.23. The molecule has 2 aromatic carbocycles. The number of aryl methyl sites for hydroxylation is 1. The van der Waals surface area contributed by atoms with Crippen LogP contribution in [0.25, 0.3) is 0 Å². The molecule has 0 aromatic heterocycles. The van der Waals surface area contributed by atoms with Gasteiger partial charge in [-0.2, -0.15) is 0 Å². The van der Waals surface area contributed by atoms with Gasteiger partial charge < -0.3 is 5.32 Å². The molecule has 21 heavy (non-hydrogen) atoms. The van der Waals surface area contributed by atoms with Crippen LogP contribution in [0.3, 0.4) is 0 Å². The summed E-state index contributed by atoms with van der Waals surface area (Å²) in [5, 5.41) is 3.23. The van der Waals surface area contributed by atoms with E-state index in [1.807, 2.05) is 7.05 Å². The molecule has 1 N–H and O–H groups in total. The van der Waals surface area contributed by atoms with E-state index in [1.165, 1.54) is 22.3 Å². The highest BCUT2D eigenvalue weighted by Gasteiger charge is 2.07. The van der Waals surface area contributed by atoms with E-state index in [4.69, 9.17) is 0 Å². The molecule has 112 valence electrons. The van der Waals surface area contributed by atoms with Crippen molar-refractivity contribution in [3.8, 4) is 0 Å². The Labute approximate surface area is 128 Å². The van der Waals surface area contributed by atoms with Gasteiger partial charge >= 0.3 is 0 Å². The lowest BCUT2D eigenvalue weighted by atomic mass is 10.0. The molecule has 0 radical (unpaired) electrons. The van der Waals surface area contributed by atoms with Crippen molar-refractivity contribution in [3.05, 3.63) is 70.8 Å². The quantitative estimate of drug-likeness (QED) is 0.837. The van der Waals surface area contributed by atoms with Crippen LogP contribution in [0.15, 0.2) is 48.5 Å². The van der Waals surface area contributed by atoms with Crippen molar-refractivity contribution in [1.82, 2.24) is 10.2 Å². The summed E-state index contributed by atoms with van der Waals surface area (Å²) >= 11 is 0. The maximum Gasteiger partial charge on any atom is 0.0236 e. The molecule has 0 aliphatic heterocycles. The minimum Gasteiger partial charge on any atom is -0.319 e. The third kappa shape index (κ3) is 4.69. The molecule has 0 amide bonds. The first-order valence-corrected chi connectivity index (χ1v) is 7.65. The summed E-state index contributed by atoms with van der Waals surface area (Å²) in [5.74, 6) is 0. The second-order valence-electron chi connectivity index (χ2n) is 5.72. The van der Waals surface area contributed by atoms with E-state index in [9.17, 15) is 0 Å². The van der Waals surface area contributed by atoms with Gasteiger partial charge in [0.15, 0.2) is 0 Å². The Balaban J connectivity index is 2.02. The van der Waals surface area contributed by atoms with Gasteiger partial charge in [-0.25, -0.2) is 0 Å². The highest BCUT2D eigenvalue weighted by atomic mass is 15.1. The number of hydrogen-bond acceptors (Lipinski definition) is 2. The largest absolute Gasteiger partial charge is 0.319 e. The van der Waals surface area contributed by atoms with E-state index in [-0.39, 0.29) is 0 Å². The predicted octanol–water partition coefficient (Wildman–Crippen LogP) is 3.39. The molecule has 0 unspecified atom stereocenters. The second-order valence-corrected chi connectivity index (χ2v) is 5.72. The average molecular weight is 282 g/mol. The summed E-state index contributed by atoms with van der Waals surface area (Å²) < 4.78 is 0. The fourth-order valence-electron chi connectivity index (χ4n) is 2.64. The van der Waals surface area contributed by atoms with Crippen LogP contribution in [0.5, 0.6) is 0 Å². The lowest BCUT2D eigenvalue weighted by molar-refractivity contribution is 0.317. The third-order valence-corrected chi connectivity index (χ3v) is 3.90. The van der Waals surface area contributed by atoms with E-state index in [0.29, 0.717) is 0 Å². The fourth-order valence-corrected chi connectivity index (χ4v) is 2.64. The number of likely N-dealkylation sites (N-methyl/N-ethyl adjacent to an activating group) is 1. The smallest absolute Gasteiger partial charge is 0.0236 e. The molecule has 2 rings (SSSR count). The minimum atomic E-state index is 0.993. The molecular weight excluding hydrogens is 256 g/mol. The molecule has 0 atom stereocenters. The van der Waals surface area contributed by atoms with Crippen molar-refractivity contribution in [1.29, 1.82) is 0 Å². The monoisotopic (exact) mass is 282 g/mol. The van der Waals surface area contributed by atoms with Gasteiger partial charge in [0, 0.05) is 13.1 Å². The number of nitrogens with one attached hydrogen (secondary N) is 1.